The molecule has 0 amide bonds. The normalized spacial score (nSPS) is 26.3. The Morgan fingerprint density at radius 2 is 2.27 bits per heavy atom. The van der Waals surface area contributed by atoms with Crippen molar-refractivity contribution in [1.82, 2.24) is 0 Å². The lowest BCUT2D eigenvalue weighted by atomic mass is 10.1. The number of hydrogen-bond donors (Lipinski definition) is 2. The quantitative estimate of drug-likeness (QED) is 0.802. The summed E-state index contributed by atoms with van der Waals surface area (Å²) in [6.07, 6.45) is 0.0846. The second kappa shape index (κ2) is 3.74. The molecule has 0 spiro atoms. The summed E-state index contributed by atoms with van der Waals surface area (Å²) in [5, 5.41) is 15.1. The molecule has 15 heavy (non-hydrogen) atoms. The second-order valence-electron chi connectivity index (χ2n) is 3.53. The lowest BCUT2D eigenvalue weighted by Gasteiger charge is -2.22. The average molecular weight is 265 g/mol. The molecule has 3 N–H and O–H groups in total. The number of thioether (sulfide) groups is 1. The van der Waals surface area contributed by atoms with E-state index in [0.717, 1.165) is 15.5 Å². The first-order valence-corrected chi connectivity index (χ1v) is 7.63. The van der Waals surface area contributed by atoms with Crippen LogP contribution < -0.4 is 5.14 Å². The molecule has 1 aromatic rings. The van der Waals surface area contributed by atoms with Crippen LogP contribution in [0.5, 0.6) is 0 Å². The Morgan fingerprint density at radius 1 is 1.60 bits per heavy atom. The van der Waals surface area contributed by atoms with Gasteiger partial charge in [0.25, 0.3) is 0 Å². The van der Waals surface area contributed by atoms with Gasteiger partial charge >= 0.3 is 0 Å². The van der Waals surface area contributed by atoms with E-state index in [4.69, 9.17) is 5.14 Å². The summed E-state index contributed by atoms with van der Waals surface area (Å²) in [4.78, 5) is 0. The topological polar surface area (TPSA) is 80.4 Å². The summed E-state index contributed by atoms with van der Waals surface area (Å²) in [6.45, 7) is 2.01. The van der Waals surface area contributed by atoms with Crippen molar-refractivity contribution < 1.29 is 13.5 Å². The van der Waals surface area contributed by atoms with E-state index in [1.807, 2.05) is 6.92 Å². The minimum absolute atomic E-state index is 0.133. The maximum atomic E-state index is 11.1. The van der Waals surface area contributed by atoms with Crippen molar-refractivity contribution in [2.75, 3.05) is 0 Å². The zero-order chi connectivity index (χ0) is 11.2. The van der Waals surface area contributed by atoms with Crippen molar-refractivity contribution in [2.45, 2.75) is 33.1 Å². The third-order valence-electron chi connectivity index (χ3n) is 2.21. The smallest absolute Gasteiger partial charge is 0.247 e. The van der Waals surface area contributed by atoms with Crippen LogP contribution in [0.3, 0.4) is 0 Å². The largest absolute Gasteiger partial charge is 0.388 e. The molecular formula is C8H11NO3S3. The molecule has 7 heteroatoms. The van der Waals surface area contributed by atoms with Crippen LogP contribution in [-0.4, -0.2) is 18.8 Å². The Labute approximate surface area is 96.5 Å². The molecule has 84 valence electrons. The molecule has 0 saturated heterocycles. The van der Waals surface area contributed by atoms with Gasteiger partial charge in [0.1, 0.15) is 4.21 Å². The van der Waals surface area contributed by atoms with Gasteiger partial charge in [-0.2, -0.15) is 0 Å². The van der Waals surface area contributed by atoms with Crippen LogP contribution in [0.15, 0.2) is 14.5 Å². The Kier molecular flexibility index (Phi) is 2.85. The maximum absolute atomic E-state index is 11.1. The van der Waals surface area contributed by atoms with Gasteiger partial charge < -0.3 is 5.11 Å². The van der Waals surface area contributed by atoms with Gasteiger partial charge in [-0.25, -0.2) is 13.6 Å². The second-order valence-corrected chi connectivity index (χ2v) is 8.08. The van der Waals surface area contributed by atoms with E-state index >= 15 is 0 Å². The van der Waals surface area contributed by atoms with E-state index in [2.05, 4.69) is 0 Å². The minimum Gasteiger partial charge on any atom is -0.388 e. The van der Waals surface area contributed by atoms with E-state index in [0.29, 0.717) is 17.2 Å². The first kappa shape index (κ1) is 11.4. The predicted molar refractivity (Wildman–Crippen MR) is 60.6 cm³/mol. The number of fused-ring (bicyclic) bond motifs is 1. The molecule has 2 heterocycles. The van der Waals surface area contributed by atoms with E-state index in [9.17, 15) is 13.5 Å². The molecule has 4 nitrogen and oxygen atoms in total. The molecule has 0 aromatic carbocycles. The standard InChI is InChI=1S/C8H11NO3S3/c1-4-2-6(10)5-3-7(15(9,11)12)14-8(5)13-4/h3-4,6,10H,2H2,1H3,(H2,9,11,12)/t4-,6+/m0/s1. The molecule has 1 aromatic heterocycles. The van der Waals surface area contributed by atoms with Crippen molar-refractivity contribution in [2.24, 2.45) is 5.14 Å². The predicted octanol–water partition coefficient (Wildman–Crippen LogP) is 1.31. The molecule has 2 rings (SSSR count). The van der Waals surface area contributed by atoms with Gasteiger partial charge in [-0.15, -0.1) is 23.1 Å². The van der Waals surface area contributed by atoms with Crippen molar-refractivity contribution in [1.29, 1.82) is 0 Å². The molecule has 1 aliphatic rings. The Bertz CT molecular complexity index is 479. The number of sulfonamides is 1. The third kappa shape index (κ3) is 2.21. The molecule has 0 radical (unpaired) electrons. The average Bonchev–Trinajstić information content (AvgIpc) is 2.46. The molecular weight excluding hydrogens is 254 g/mol. The fourth-order valence-electron chi connectivity index (χ4n) is 1.50. The van der Waals surface area contributed by atoms with Gasteiger partial charge in [0.2, 0.25) is 10.0 Å². The van der Waals surface area contributed by atoms with E-state index in [1.165, 1.54) is 6.07 Å². The van der Waals surface area contributed by atoms with Gasteiger partial charge in [0, 0.05) is 10.8 Å². The Morgan fingerprint density at radius 3 is 2.87 bits per heavy atom. The number of rotatable bonds is 1. The summed E-state index contributed by atoms with van der Waals surface area (Å²) < 4.78 is 23.3. The lowest BCUT2D eigenvalue weighted by molar-refractivity contribution is 0.164. The van der Waals surface area contributed by atoms with Gasteiger partial charge in [0.05, 0.1) is 10.3 Å². The van der Waals surface area contributed by atoms with Crippen LogP contribution in [0.2, 0.25) is 0 Å². The van der Waals surface area contributed by atoms with Crippen LogP contribution in [0.4, 0.5) is 0 Å². The minimum atomic E-state index is -3.64. The van der Waals surface area contributed by atoms with Crippen LogP contribution in [0, 0.1) is 0 Å². The highest BCUT2D eigenvalue weighted by molar-refractivity contribution is 8.02. The maximum Gasteiger partial charge on any atom is 0.247 e. The van der Waals surface area contributed by atoms with Gasteiger partial charge in [0.15, 0.2) is 0 Å². The van der Waals surface area contributed by atoms with E-state index in [-0.39, 0.29) is 4.21 Å². The molecule has 1 aliphatic heterocycles. The van der Waals surface area contributed by atoms with Gasteiger partial charge in [-0.3, -0.25) is 0 Å². The molecule has 0 bridgehead atoms. The van der Waals surface area contributed by atoms with Crippen molar-refractivity contribution in [3.63, 3.8) is 0 Å². The van der Waals surface area contributed by atoms with Crippen molar-refractivity contribution in [3.8, 4) is 0 Å². The number of aliphatic hydroxyl groups excluding tert-OH is 1. The zero-order valence-corrected chi connectivity index (χ0v) is 10.5. The monoisotopic (exact) mass is 265 g/mol. The van der Waals surface area contributed by atoms with Crippen LogP contribution in [0.25, 0.3) is 0 Å². The first-order valence-electron chi connectivity index (χ1n) is 4.39. The molecule has 0 unspecified atom stereocenters. The molecule has 2 atom stereocenters. The molecule has 0 saturated carbocycles. The Hall–Kier alpha value is -0.0800. The zero-order valence-electron chi connectivity index (χ0n) is 8.00. The third-order valence-corrected chi connectivity index (χ3v) is 6.15. The van der Waals surface area contributed by atoms with Crippen molar-refractivity contribution in [3.05, 3.63) is 11.6 Å². The van der Waals surface area contributed by atoms with Gasteiger partial charge in [-0.05, 0) is 12.5 Å². The molecule has 0 fully saturated rings. The first-order chi connectivity index (χ1) is 6.88. The van der Waals surface area contributed by atoms with Crippen LogP contribution in [0.1, 0.15) is 25.0 Å². The number of nitrogens with two attached hydrogens (primary N) is 1. The molecule has 0 aliphatic carbocycles. The fourth-order valence-corrected chi connectivity index (χ4v) is 5.28. The van der Waals surface area contributed by atoms with Crippen LogP contribution >= 0.6 is 23.1 Å². The number of aliphatic hydroxyl groups is 1. The van der Waals surface area contributed by atoms with E-state index in [1.54, 1.807) is 11.8 Å². The summed E-state index contributed by atoms with van der Waals surface area (Å²) in [7, 11) is -3.64. The van der Waals surface area contributed by atoms with E-state index < -0.39 is 16.1 Å². The Balaban J connectivity index is 2.48. The highest BCUT2D eigenvalue weighted by Crippen LogP contribution is 2.46. The number of hydrogen-bond acceptors (Lipinski definition) is 5. The highest BCUT2D eigenvalue weighted by Gasteiger charge is 2.28. The summed E-state index contributed by atoms with van der Waals surface area (Å²) in [5.41, 5.74) is 0.701. The van der Waals surface area contributed by atoms with Crippen molar-refractivity contribution >= 4 is 33.1 Å². The summed E-state index contributed by atoms with van der Waals surface area (Å²) >= 11 is 2.73. The number of primary sulfonamides is 1. The SMILES string of the molecule is C[C@H]1C[C@@H](O)c2cc(S(N)(=O)=O)sc2S1. The highest BCUT2D eigenvalue weighted by atomic mass is 32.3. The summed E-state index contributed by atoms with van der Waals surface area (Å²) in [5.74, 6) is 0. The summed E-state index contributed by atoms with van der Waals surface area (Å²) in [6, 6.07) is 1.48. The fraction of sp³-hybridized carbons (Fsp3) is 0.500. The van der Waals surface area contributed by atoms with Crippen LogP contribution in [-0.2, 0) is 10.0 Å². The lowest BCUT2D eigenvalue weighted by Crippen LogP contribution is -2.11. The van der Waals surface area contributed by atoms with Gasteiger partial charge in [-0.1, -0.05) is 6.92 Å². The number of thiophene rings is 1.